The van der Waals surface area contributed by atoms with Crippen molar-refractivity contribution in [2.45, 2.75) is 6.54 Å². The van der Waals surface area contributed by atoms with Crippen LogP contribution in [0.4, 0.5) is 0 Å². The Balaban J connectivity index is 1.82. The van der Waals surface area contributed by atoms with Crippen LogP contribution < -0.4 is 5.32 Å². The Morgan fingerprint density at radius 3 is 2.52 bits per heavy atom. The minimum absolute atomic E-state index is 0.0334. The van der Waals surface area contributed by atoms with Gasteiger partial charge in [0.25, 0.3) is 5.91 Å². The first kappa shape index (κ1) is 17.5. The monoisotopic (exact) mass is 372 g/mol. The lowest BCUT2D eigenvalue weighted by atomic mass is 10.2. The van der Waals surface area contributed by atoms with E-state index in [0.29, 0.717) is 20.6 Å². The van der Waals surface area contributed by atoms with Gasteiger partial charge in [-0.05, 0) is 29.8 Å². The van der Waals surface area contributed by atoms with E-state index in [-0.39, 0.29) is 12.2 Å². The molecule has 0 bridgehead atoms. The lowest BCUT2D eigenvalue weighted by Crippen LogP contribution is -2.28. The van der Waals surface area contributed by atoms with Crippen LogP contribution in [0.15, 0.2) is 36.5 Å². The van der Waals surface area contributed by atoms with E-state index in [1.54, 1.807) is 18.2 Å². The number of nitrogens with zero attached hydrogens (tertiary/aromatic N) is 1. The summed E-state index contributed by atoms with van der Waals surface area (Å²) in [6, 6.07) is 7.83. The average molecular weight is 374 g/mol. The first-order valence-electron chi connectivity index (χ1n) is 6.45. The van der Waals surface area contributed by atoms with Crippen LogP contribution in [0.1, 0.15) is 16.1 Å². The molecule has 120 valence electrons. The molecule has 1 aromatic carbocycles. The zero-order chi connectivity index (χ0) is 16.8. The number of carbonyl (C=O) groups is 2. The van der Waals surface area contributed by atoms with Crippen LogP contribution in [0.2, 0.25) is 15.1 Å². The second-order valence-electron chi connectivity index (χ2n) is 4.45. The third kappa shape index (κ3) is 5.39. The van der Waals surface area contributed by atoms with E-state index in [2.05, 4.69) is 10.3 Å². The number of benzene rings is 1. The van der Waals surface area contributed by atoms with Crippen molar-refractivity contribution in [3.63, 3.8) is 0 Å². The lowest BCUT2D eigenvalue weighted by molar-refractivity contribution is -0.124. The van der Waals surface area contributed by atoms with Crippen LogP contribution in [-0.4, -0.2) is 23.5 Å². The SMILES string of the molecule is O=C(COC(=O)c1cc(Cl)ccn1)NCc1ccc(Cl)cc1Cl. The summed E-state index contributed by atoms with van der Waals surface area (Å²) in [6.45, 7) is -0.236. The number of pyridine rings is 1. The molecule has 0 saturated carbocycles. The van der Waals surface area contributed by atoms with Crippen LogP contribution in [0, 0.1) is 0 Å². The van der Waals surface area contributed by atoms with Crippen molar-refractivity contribution < 1.29 is 14.3 Å². The molecule has 2 aromatic rings. The smallest absolute Gasteiger partial charge is 0.357 e. The van der Waals surface area contributed by atoms with E-state index in [0.717, 1.165) is 0 Å². The number of amides is 1. The van der Waals surface area contributed by atoms with Gasteiger partial charge < -0.3 is 10.1 Å². The minimum atomic E-state index is -0.729. The van der Waals surface area contributed by atoms with Crippen LogP contribution in [0.3, 0.4) is 0 Å². The molecule has 23 heavy (non-hydrogen) atoms. The predicted molar refractivity (Wildman–Crippen MR) is 87.8 cm³/mol. The van der Waals surface area contributed by atoms with Gasteiger partial charge in [-0.15, -0.1) is 0 Å². The van der Waals surface area contributed by atoms with E-state index >= 15 is 0 Å². The number of carbonyl (C=O) groups excluding carboxylic acids is 2. The van der Waals surface area contributed by atoms with Crippen LogP contribution >= 0.6 is 34.8 Å². The molecule has 0 fully saturated rings. The molecule has 1 heterocycles. The largest absolute Gasteiger partial charge is 0.451 e. The molecule has 0 unspecified atom stereocenters. The molecule has 1 aromatic heterocycles. The number of hydrogen-bond donors (Lipinski definition) is 1. The summed E-state index contributed by atoms with van der Waals surface area (Å²) in [7, 11) is 0. The van der Waals surface area contributed by atoms with E-state index < -0.39 is 18.5 Å². The minimum Gasteiger partial charge on any atom is -0.451 e. The standard InChI is InChI=1S/C15H11Cl3N2O3/c16-10-2-1-9(12(18)5-10)7-20-14(21)8-23-15(22)13-6-11(17)3-4-19-13/h1-6H,7-8H2,(H,20,21). The zero-order valence-electron chi connectivity index (χ0n) is 11.7. The van der Waals surface area contributed by atoms with Crippen molar-refractivity contribution in [3.05, 3.63) is 62.9 Å². The van der Waals surface area contributed by atoms with Gasteiger partial charge in [-0.1, -0.05) is 40.9 Å². The number of rotatable bonds is 5. The molecule has 0 aliphatic rings. The van der Waals surface area contributed by atoms with E-state index in [4.69, 9.17) is 39.5 Å². The van der Waals surface area contributed by atoms with Crippen LogP contribution in [-0.2, 0) is 16.1 Å². The first-order chi connectivity index (χ1) is 11.0. The Labute approximate surface area is 147 Å². The summed E-state index contributed by atoms with van der Waals surface area (Å²) in [4.78, 5) is 27.2. The average Bonchev–Trinajstić information content (AvgIpc) is 2.51. The molecule has 0 saturated heterocycles. The maximum Gasteiger partial charge on any atom is 0.357 e. The maximum absolute atomic E-state index is 11.7. The molecular weight excluding hydrogens is 363 g/mol. The molecule has 0 radical (unpaired) electrons. The molecule has 0 aliphatic heterocycles. The van der Waals surface area contributed by atoms with Crippen molar-refractivity contribution in [2.75, 3.05) is 6.61 Å². The number of hydrogen-bond acceptors (Lipinski definition) is 4. The third-order valence-corrected chi connectivity index (χ3v) is 3.58. The van der Waals surface area contributed by atoms with Gasteiger partial charge in [0.15, 0.2) is 6.61 Å². The van der Waals surface area contributed by atoms with Gasteiger partial charge in [0.1, 0.15) is 5.69 Å². The van der Waals surface area contributed by atoms with Crippen molar-refractivity contribution in [1.82, 2.24) is 10.3 Å². The molecule has 2 rings (SSSR count). The number of nitrogens with one attached hydrogen (secondary N) is 1. The Morgan fingerprint density at radius 1 is 1.09 bits per heavy atom. The first-order valence-corrected chi connectivity index (χ1v) is 7.58. The summed E-state index contributed by atoms with van der Waals surface area (Å²) >= 11 is 17.5. The van der Waals surface area contributed by atoms with Crippen LogP contribution in [0.5, 0.6) is 0 Å². The summed E-state index contributed by atoms with van der Waals surface area (Å²) < 4.78 is 4.86. The summed E-state index contributed by atoms with van der Waals surface area (Å²) in [6.07, 6.45) is 1.38. The summed E-state index contributed by atoms with van der Waals surface area (Å²) in [5, 5.41) is 3.89. The lowest BCUT2D eigenvalue weighted by Gasteiger charge is -2.08. The molecule has 0 aliphatic carbocycles. The highest BCUT2D eigenvalue weighted by Crippen LogP contribution is 2.20. The van der Waals surface area contributed by atoms with Gasteiger partial charge in [-0.25, -0.2) is 9.78 Å². The maximum atomic E-state index is 11.7. The number of ether oxygens (including phenoxy) is 1. The highest BCUT2D eigenvalue weighted by Gasteiger charge is 2.12. The number of esters is 1. The Bertz CT molecular complexity index is 738. The topological polar surface area (TPSA) is 68.3 Å². The fourth-order valence-corrected chi connectivity index (χ4v) is 2.27. The van der Waals surface area contributed by atoms with Gasteiger partial charge in [-0.2, -0.15) is 0 Å². The second-order valence-corrected chi connectivity index (χ2v) is 5.73. The fourth-order valence-electron chi connectivity index (χ4n) is 1.63. The molecular formula is C15H11Cl3N2O3. The third-order valence-electron chi connectivity index (χ3n) is 2.76. The molecule has 1 N–H and O–H groups in total. The molecule has 0 atom stereocenters. The second kappa shape index (κ2) is 8.15. The Kier molecular flexibility index (Phi) is 6.21. The van der Waals surface area contributed by atoms with Gasteiger partial charge in [-0.3, -0.25) is 4.79 Å². The van der Waals surface area contributed by atoms with Gasteiger partial charge in [0.2, 0.25) is 0 Å². The quantitative estimate of drug-likeness (QED) is 0.814. The number of halogens is 3. The molecule has 8 heteroatoms. The summed E-state index contributed by atoms with van der Waals surface area (Å²) in [5.74, 6) is -1.20. The summed E-state index contributed by atoms with van der Waals surface area (Å²) in [5.41, 5.74) is 0.735. The predicted octanol–water partition coefficient (Wildman–Crippen LogP) is 3.52. The number of aromatic nitrogens is 1. The van der Waals surface area contributed by atoms with Gasteiger partial charge >= 0.3 is 5.97 Å². The van der Waals surface area contributed by atoms with E-state index in [1.807, 2.05) is 0 Å². The van der Waals surface area contributed by atoms with Gasteiger partial charge in [0.05, 0.1) is 0 Å². The van der Waals surface area contributed by atoms with Crippen molar-refractivity contribution in [1.29, 1.82) is 0 Å². The normalized spacial score (nSPS) is 10.2. The highest BCUT2D eigenvalue weighted by molar-refractivity contribution is 6.35. The van der Waals surface area contributed by atoms with Crippen molar-refractivity contribution in [3.8, 4) is 0 Å². The van der Waals surface area contributed by atoms with Crippen LogP contribution in [0.25, 0.3) is 0 Å². The van der Waals surface area contributed by atoms with Crippen molar-refractivity contribution in [2.24, 2.45) is 0 Å². The molecule has 0 spiro atoms. The fraction of sp³-hybridized carbons (Fsp3) is 0.133. The van der Waals surface area contributed by atoms with E-state index in [9.17, 15) is 9.59 Å². The van der Waals surface area contributed by atoms with E-state index in [1.165, 1.54) is 18.3 Å². The molecule has 1 amide bonds. The molecule has 5 nitrogen and oxygen atoms in total. The highest BCUT2D eigenvalue weighted by atomic mass is 35.5. The van der Waals surface area contributed by atoms with Crippen molar-refractivity contribution >= 4 is 46.7 Å². The Hall–Kier alpha value is -1.82. The zero-order valence-corrected chi connectivity index (χ0v) is 14.0. The van der Waals surface area contributed by atoms with Gasteiger partial charge in [0, 0.05) is 27.8 Å². The Morgan fingerprint density at radius 2 is 1.83 bits per heavy atom.